The van der Waals surface area contributed by atoms with Crippen molar-refractivity contribution in [2.24, 2.45) is 5.41 Å². The molecule has 0 amide bonds. The molecule has 4 nitrogen and oxygen atoms in total. The van der Waals surface area contributed by atoms with E-state index in [1.54, 1.807) is 20.8 Å². The van der Waals surface area contributed by atoms with Crippen LogP contribution in [0.1, 0.15) is 74.9 Å². The van der Waals surface area contributed by atoms with Crippen LogP contribution in [-0.4, -0.2) is 49.1 Å². The van der Waals surface area contributed by atoms with Gasteiger partial charge in [-0.1, -0.05) is 43.1 Å². The first-order valence-electron chi connectivity index (χ1n) is 7.65. The summed E-state index contributed by atoms with van der Waals surface area (Å²) in [6.45, 7) is 13.3. The number of rotatable bonds is 4. The molecule has 0 radical (unpaired) electrons. The molecule has 0 bridgehead atoms. The molecule has 0 rings (SSSR count). The van der Waals surface area contributed by atoms with E-state index in [0.29, 0.717) is 0 Å². The Balaban J connectivity index is -0.000000667. The summed E-state index contributed by atoms with van der Waals surface area (Å²) in [5.74, 6) is 0. The lowest BCUT2D eigenvalue weighted by atomic mass is 9.87. The molecule has 1 atom stereocenters. The lowest BCUT2D eigenvalue weighted by Crippen LogP contribution is -2.53. The van der Waals surface area contributed by atoms with E-state index < -0.39 is 21.7 Å². The van der Waals surface area contributed by atoms with Crippen LogP contribution in [0, 0.1) is 5.41 Å². The topological polar surface area (TPSA) is 40.6 Å². The Labute approximate surface area is 140 Å². The summed E-state index contributed by atoms with van der Waals surface area (Å²) in [5.41, 5.74) is -0.846. The summed E-state index contributed by atoms with van der Waals surface area (Å²) in [4.78, 5) is 1.87. The molecule has 0 aliphatic heterocycles. The molecule has 0 spiro atoms. The smallest absolute Gasteiger partial charge is 0.212 e. The average molecular weight is 330 g/mol. The maximum Gasteiger partial charge on any atom is 0.212 e. The Kier molecular flexibility index (Phi) is 9.05. The van der Waals surface area contributed by atoms with E-state index in [2.05, 4.69) is 20.8 Å². The second kappa shape index (κ2) is 9.11. The minimum atomic E-state index is -4.38. The van der Waals surface area contributed by atoms with Gasteiger partial charge in [0.1, 0.15) is 0 Å². The molecule has 0 aliphatic rings. The van der Waals surface area contributed by atoms with Crippen LogP contribution >= 0.6 is 0 Å². The predicted molar refractivity (Wildman–Crippen MR) is 98.2 cm³/mol. The summed E-state index contributed by atoms with van der Waals surface area (Å²) in [6, 6.07) is 0.0918. The zero-order valence-corrected chi connectivity index (χ0v) is 13.7. The standard InChI is InChI=1S/C13H30N2O2S.3CH4/c1-11(12(2,3)4)14(8)10-15(13(5,6)7)18(9,16)17;;;/h11H,10H2,1-9H3;3*1H4/i9D3;;;. The van der Waals surface area contributed by atoms with Gasteiger partial charge in [-0.15, -0.1) is 0 Å². The van der Waals surface area contributed by atoms with Crippen molar-refractivity contribution in [1.29, 1.82) is 0 Å². The van der Waals surface area contributed by atoms with Crippen molar-refractivity contribution < 1.29 is 12.5 Å². The van der Waals surface area contributed by atoms with Gasteiger partial charge in [-0.3, -0.25) is 4.90 Å². The molecule has 0 saturated carbocycles. The van der Waals surface area contributed by atoms with E-state index in [-0.39, 0.29) is 40.4 Å². The van der Waals surface area contributed by atoms with E-state index >= 15 is 0 Å². The fraction of sp³-hybridized carbons (Fsp3) is 1.00. The third-order valence-corrected chi connectivity index (χ3v) is 4.55. The maximum absolute atomic E-state index is 12.3. The first-order valence-corrected chi connectivity index (χ1v) is 7.59. The van der Waals surface area contributed by atoms with E-state index in [1.807, 2.05) is 18.9 Å². The number of hydrogen-bond acceptors (Lipinski definition) is 3. The number of hydrogen-bond donors (Lipinski definition) is 0. The van der Waals surface area contributed by atoms with Crippen LogP contribution in [0.5, 0.6) is 0 Å². The molecule has 21 heavy (non-hydrogen) atoms. The Morgan fingerprint density at radius 2 is 1.43 bits per heavy atom. The Bertz CT molecular complexity index is 449. The summed E-state index contributed by atoms with van der Waals surface area (Å²) in [5, 5.41) is 0. The van der Waals surface area contributed by atoms with Crippen LogP contribution in [0.3, 0.4) is 0 Å². The molecule has 0 N–H and O–H groups in total. The highest BCUT2D eigenvalue weighted by Crippen LogP contribution is 2.25. The summed E-state index contributed by atoms with van der Waals surface area (Å²) in [7, 11) is -2.57. The predicted octanol–water partition coefficient (Wildman–Crippen LogP) is 4.28. The molecule has 5 heteroatoms. The first-order chi connectivity index (χ1) is 8.92. The monoisotopic (exact) mass is 329 g/mol. The molecule has 0 aromatic rings. The van der Waals surface area contributed by atoms with Crippen molar-refractivity contribution in [2.45, 2.75) is 82.3 Å². The molecule has 1 unspecified atom stereocenters. The van der Waals surface area contributed by atoms with Gasteiger partial charge in [0.25, 0.3) is 0 Å². The van der Waals surface area contributed by atoms with Crippen molar-refractivity contribution in [2.75, 3.05) is 19.9 Å². The Morgan fingerprint density at radius 3 is 1.67 bits per heavy atom. The van der Waals surface area contributed by atoms with E-state index in [0.717, 1.165) is 4.31 Å². The van der Waals surface area contributed by atoms with Gasteiger partial charge in [-0.05, 0) is 40.2 Å². The van der Waals surface area contributed by atoms with Crippen molar-refractivity contribution in [3.63, 3.8) is 0 Å². The number of nitrogens with zero attached hydrogens (tertiary/aromatic N) is 2. The SMILES string of the molecule is C.C.C.[2H]C([2H])([2H])S(=O)(=O)N(CN(C)C(C)C(C)(C)C)C(C)(C)C. The molecule has 0 aromatic carbocycles. The minimum Gasteiger partial charge on any atom is -0.289 e. The first kappa shape index (κ1) is 20.9. The average Bonchev–Trinajstić information content (AvgIpc) is 2.19. The number of sulfonamides is 1. The van der Waals surface area contributed by atoms with Crippen LogP contribution in [0.2, 0.25) is 0 Å². The fourth-order valence-electron chi connectivity index (χ4n) is 1.63. The molecule has 134 valence electrons. The van der Waals surface area contributed by atoms with Gasteiger partial charge >= 0.3 is 0 Å². The van der Waals surface area contributed by atoms with Gasteiger partial charge in [-0.2, -0.15) is 4.31 Å². The van der Waals surface area contributed by atoms with Crippen molar-refractivity contribution in [3.8, 4) is 0 Å². The van der Waals surface area contributed by atoms with Crippen LogP contribution < -0.4 is 0 Å². The molecule has 0 aromatic heterocycles. The van der Waals surface area contributed by atoms with Crippen molar-refractivity contribution in [3.05, 3.63) is 0 Å². The second-order valence-corrected chi connectivity index (χ2v) is 8.36. The van der Waals surface area contributed by atoms with Gasteiger partial charge < -0.3 is 0 Å². The van der Waals surface area contributed by atoms with Gasteiger partial charge in [0.15, 0.2) is 0 Å². The third-order valence-electron chi connectivity index (χ3n) is 3.30. The molecule has 0 saturated heterocycles. The Hall–Kier alpha value is -0.130. The van der Waals surface area contributed by atoms with Gasteiger partial charge in [0, 0.05) is 15.7 Å². The largest absolute Gasteiger partial charge is 0.289 e. The van der Waals surface area contributed by atoms with Crippen LogP contribution in [-0.2, 0) is 10.0 Å². The Morgan fingerprint density at radius 1 is 1.05 bits per heavy atom. The maximum atomic E-state index is 12.3. The molecule has 0 aliphatic carbocycles. The van der Waals surface area contributed by atoms with Crippen LogP contribution in [0.15, 0.2) is 0 Å². The normalized spacial score (nSPS) is 16.8. The zero-order valence-electron chi connectivity index (χ0n) is 15.9. The van der Waals surface area contributed by atoms with Gasteiger partial charge in [0.05, 0.1) is 12.9 Å². The molecule has 0 heterocycles. The van der Waals surface area contributed by atoms with E-state index in [9.17, 15) is 8.42 Å². The van der Waals surface area contributed by atoms with Crippen molar-refractivity contribution in [1.82, 2.24) is 9.21 Å². The molecule has 0 fully saturated rings. The van der Waals surface area contributed by atoms with Crippen LogP contribution in [0.25, 0.3) is 0 Å². The van der Waals surface area contributed by atoms with Crippen LogP contribution in [0.4, 0.5) is 0 Å². The van der Waals surface area contributed by atoms with E-state index in [1.165, 1.54) is 0 Å². The summed E-state index contributed by atoms with van der Waals surface area (Å²) in [6.07, 6.45) is -3.05. The van der Waals surface area contributed by atoms with Crippen molar-refractivity contribution >= 4 is 10.0 Å². The molecular formula is C16H42N2O2S. The van der Waals surface area contributed by atoms with E-state index in [4.69, 9.17) is 4.11 Å². The summed E-state index contributed by atoms with van der Waals surface area (Å²) >= 11 is 0. The summed E-state index contributed by atoms with van der Waals surface area (Å²) < 4.78 is 47.7. The van der Waals surface area contributed by atoms with Gasteiger partial charge in [0.2, 0.25) is 10.0 Å². The third kappa shape index (κ3) is 9.48. The zero-order chi connectivity index (χ0) is 17.4. The highest BCUT2D eigenvalue weighted by Gasteiger charge is 2.33. The highest BCUT2D eigenvalue weighted by atomic mass is 32.2. The lowest BCUT2D eigenvalue weighted by molar-refractivity contribution is 0.0768. The minimum absolute atomic E-state index is 0. The second-order valence-electron chi connectivity index (χ2n) is 6.96. The van der Waals surface area contributed by atoms with Gasteiger partial charge in [-0.25, -0.2) is 8.42 Å². The molecular weight excluding hydrogens is 284 g/mol. The fourth-order valence-corrected chi connectivity index (χ4v) is 2.69. The quantitative estimate of drug-likeness (QED) is 0.723. The lowest BCUT2D eigenvalue weighted by Gasteiger charge is -2.41. The highest BCUT2D eigenvalue weighted by molar-refractivity contribution is 7.88.